The first-order chi connectivity index (χ1) is 10.9. The van der Waals surface area contributed by atoms with Crippen molar-refractivity contribution in [2.24, 2.45) is 0 Å². The molecule has 3 rings (SSSR count). The van der Waals surface area contributed by atoms with Gasteiger partial charge in [0, 0.05) is 0 Å². The number of aromatic nitrogens is 3. The Morgan fingerprint density at radius 3 is 2.96 bits per heavy atom. The van der Waals surface area contributed by atoms with Crippen LogP contribution in [0, 0.1) is 5.82 Å². The Morgan fingerprint density at radius 2 is 2.17 bits per heavy atom. The molecule has 2 heterocycles. The van der Waals surface area contributed by atoms with Gasteiger partial charge in [-0.2, -0.15) is 5.10 Å². The maximum Gasteiger partial charge on any atom is 0.287 e. The van der Waals surface area contributed by atoms with Crippen LogP contribution < -0.4 is 10.9 Å². The fourth-order valence-electron chi connectivity index (χ4n) is 1.80. The molecule has 1 aromatic carbocycles. The van der Waals surface area contributed by atoms with Gasteiger partial charge in [-0.05, 0) is 18.2 Å². The molecule has 0 bridgehead atoms. The summed E-state index contributed by atoms with van der Waals surface area (Å²) in [5.74, 6) is -0.900. The van der Waals surface area contributed by atoms with Gasteiger partial charge in [0.1, 0.15) is 17.4 Å². The molecule has 3 aromatic rings. The fourth-order valence-corrected chi connectivity index (χ4v) is 2.98. The fraction of sp³-hybridized carbons (Fsp3) is 0.0769. The molecular formula is C13H7Cl2FN4O2S. The van der Waals surface area contributed by atoms with E-state index in [0.29, 0.717) is 15.3 Å². The lowest BCUT2D eigenvalue weighted by molar-refractivity contribution is -0.117. The van der Waals surface area contributed by atoms with Gasteiger partial charge in [0.25, 0.3) is 5.56 Å². The number of hydrogen-bond acceptors (Lipinski definition) is 5. The molecular weight excluding hydrogens is 366 g/mol. The van der Waals surface area contributed by atoms with E-state index in [1.165, 1.54) is 24.4 Å². The first-order valence-corrected chi connectivity index (χ1v) is 7.78. The number of carbonyl (C=O) groups is 1. The SMILES string of the molecule is O=C(Cn1ncc(Cl)c(Cl)c1=O)Nc1nc2ccc(F)cc2s1. The Balaban J connectivity index is 1.78. The number of benzene rings is 1. The number of amides is 1. The quantitative estimate of drug-likeness (QED) is 0.766. The zero-order valence-corrected chi connectivity index (χ0v) is 13.5. The molecule has 0 fully saturated rings. The molecule has 1 amide bonds. The maximum absolute atomic E-state index is 13.1. The van der Waals surface area contributed by atoms with E-state index in [0.717, 1.165) is 16.0 Å². The molecule has 0 aliphatic carbocycles. The third-order valence-electron chi connectivity index (χ3n) is 2.83. The first-order valence-electron chi connectivity index (χ1n) is 6.21. The van der Waals surface area contributed by atoms with Crippen molar-refractivity contribution in [1.82, 2.24) is 14.8 Å². The van der Waals surface area contributed by atoms with E-state index < -0.39 is 11.5 Å². The van der Waals surface area contributed by atoms with E-state index in [-0.39, 0.29) is 22.4 Å². The summed E-state index contributed by atoms with van der Waals surface area (Å²) in [6.45, 7) is -0.347. The van der Waals surface area contributed by atoms with Crippen molar-refractivity contribution in [3.63, 3.8) is 0 Å². The third kappa shape index (κ3) is 3.34. The minimum Gasteiger partial charge on any atom is -0.300 e. The van der Waals surface area contributed by atoms with Gasteiger partial charge in [-0.1, -0.05) is 34.5 Å². The summed E-state index contributed by atoms with van der Waals surface area (Å²) in [5.41, 5.74) is -0.0998. The zero-order valence-electron chi connectivity index (χ0n) is 11.2. The van der Waals surface area contributed by atoms with Crippen LogP contribution in [0.1, 0.15) is 0 Å². The highest BCUT2D eigenvalue weighted by Gasteiger charge is 2.13. The lowest BCUT2D eigenvalue weighted by Crippen LogP contribution is -2.29. The molecule has 118 valence electrons. The average Bonchev–Trinajstić information content (AvgIpc) is 2.89. The highest BCUT2D eigenvalue weighted by Crippen LogP contribution is 2.26. The molecule has 0 unspecified atom stereocenters. The summed E-state index contributed by atoms with van der Waals surface area (Å²) in [5, 5.41) is 6.37. The second-order valence-corrected chi connectivity index (χ2v) is 6.26. The number of anilines is 1. The molecule has 0 atom stereocenters. The van der Waals surface area contributed by atoms with Crippen LogP contribution in [0.25, 0.3) is 10.2 Å². The van der Waals surface area contributed by atoms with Crippen LogP contribution in [-0.4, -0.2) is 20.7 Å². The largest absolute Gasteiger partial charge is 0.300 e. The Bertz CT molecular complexity index is 972. The van der Waals surface area contributed by atoms with Crippen molar-refractivity contribution < 1.29 is 9.18 Å². The molecule has 0 saturated heterocycles. The number of nitrogens with one attached hydrogen (secondary N) is 1. The summed E-state index contributed by atoms with van der Waals surface area (Å²) in [6.07, 6.45) is 1.18. The Kier molecular flexibility index (Phi) is 4.29. The molecule has 0 radical (unpaired) electrons. The van der Waals surface area contributed by atoms with Crippen LogP contribution in [0.15, 0.2) is 29.2 Å². The summed E-state index contributed by atoms with van der Waals surface area (Å²) in [6, 6.07) is 4.13. The monoisotopic (exact) mass is 372 g/mol. The second-order valence-electron chi connectivity index (χ2n) is 4.45. The van der Waals surface area contributed by atoms with Crippen molar-refractivity contribution in [1.29, 1.82) is 0 Å². The van der Waals surface area contributed by atoms with Crippen LogP contribution >= 0.6 is 34.5 Å². The van der Waals surface area contributed by atoms with Crippen molar-refractivity contribution in [3.8, 4) is 0 Å². The van der Waals surface area contributed by atoms with Crippen LogP contribution in [0.4, 0.5) is 9.52 Å². The van der Waals surface area contributed by atoms with Crippen LogP contribution in [0.3, 0.4) is 0 Å². The standard InChI is InChI=1S/C13H7Cl2FN4O2S/c14-7-4-17-20(12(22)11(7)15)5-10(21)19-13-18-8-2-1-6(16)3-9(8)23-13/h1-4H,5H2,(H,18,19,21). The van der Waals surface area contributed by atoms with Crippen LogP contribution in [0.5, 0.6) is 0 Å². The highest BCUT2D eigenvalue weighted by molar-refractivity contribution is 7.22. The predicted molar refractivity (Wildman–Crippen MR) is 86.7 cm³/mol. The molecule has 6 nitrogen and oxygen atoms in total. The van der Waals surface area contributed by atoms with Gasteiger partial charge in [-0.3, -0.25) is 9.59 Å². The Labute approximate surface area is 142 Å². The van der Waals surface area contributed by atoms with Crippen molar-refractivity contribution in [2.75, 3.05) is 5.32 Å². The van der Waals surface area contributed by atoms with Gasteiger partial charge in [-0.15, -0.1) is 0 Å². The van der Waals surface area contributed by atoms with Gasteiger partial charge >= 0.3 is 0 Å². The van der Waals surface area contributed by atoms with Gasteiger partial charge < -0.3 is 5.32 Å². The number of rotatable bonds is 3. The summed E-state index contributed by atoms with van der Waals surface area (Å²) in [4.78, 5) is 27.9. The van der Waals surface area contributed by atoms with Gasteiger partial charge in [0.2, 0.25) is 5.91 Å². The number of carbonyl (C=O) groups excluding carboxylic acids is 1. The van der Waals surface area contributed by atoms with Crippen molar-refractivity contribution >= 4 is 55.8 Å². The number of fused-ring (bicyclic) bond motifs is 1. The smallest absolute Gasteiger partial charge is 0.287 e. The maximum atomic E-state index is 13.1. The van der Waals surface area contributed by atoms with Gasteiger partial charge in [-0.25, -0.2) is 14.1 Å². The Hall–Kier alpha value is -2.03. The van der Waals surface area contributed by atoms with Crippen molar-refractivity contribution in [3.05, 3.63) is 50.6 Å². The minimum absolute atomic E-state index is 0.0153. The summed E-state index contributed by atoms with van der Waals surface area (Å²) >= 11 is 12.5. The molecule has 2 aromatic heterocycles. The van der Waals surface area contributed by atoms with Gasteiger partial charge in [0.15, 0.2) is 5.13 Å². The highest BCUT2D eigenvalue weighted by atomic mass is 35.5. The molecule has 1 N–H and O–H groups in total. The molecule has 0 saturated carbocycles. The zero-order chi connectivity index (χ0) is 16.6. The lowest BCUT2D eigenvalue weighted by Gasteiger charge is -2.05. The molecule has 10 heteroatoms. The lowest BCUT2D eigenvalue weighted by atomic mass is 10.3. The minimum atomic E-state index is -0.666. The predicted octanol–water partition coefficient (Wildman–Crippen LogP) is 2.94. The number of hydrogen-bond donors (Lipinski definition) is 1. The van der Waals surface area contributed by atoms with E-state index in [4.69, 9.17) is 23.2 Å². The normalized spacial score (nSPS) is 10.9. The van der Waals surface area contributed by atoms with E-state index in [2.05, 4.69) is 15.4 Å². The second kappa shape index (κ2) is 6.23. The number of thiazole rings is 1. The van der Waals surface area contributed by atoms with Crippen molar-refractivity contribution in [2.45, 2.75) is 6.54 Å². The topological polar surface area (TPSA) is 76.9 Å². The molecule has 23 heavy (non-hydrogen) atoms. The van der Waals surface area contributed by atoms with E-state index >= 15 is 0 Å². The van der Waals surface area contributed by atoms with Crippen LogP contribution in [-0.2, 0) is 11.3 Å². The summed E-state index contributed by atoms with van der Waals surface area (Å²) in [7, 11) is 0. The molecule has 0 aliphatic heterocycles. The first kappa shape index (κ1) is 15.9. The molecule has 0 aliphatic rings. The van der Waals surface area contributed by atoms with Crippen LogP contribution in [0.2, 0.25) is 10.0 Å². The molecule has 0 spiro atoms. The number of halogens is 3. The average molecular weight is 373 g/mol. The van der Waals surface area contributed by atoms with E-state index in [9.17, 15) is 14.0 Å². The summed E-state index contributed by atoms with van der Waals surface area (Å²) < 4.78 is 14.6. The van der Waals surface area contributed by atoms with E-state index in [1.807, 2.05) is 0 Å². The number of nitrogens with zero attached hydrogens (tertiary/aromatic N) is 3. The van der Waals surface area contributed by atoms with Gasteiger partial charge in [0.05, 0.1) is 21.4 Å². The van der Waals surface area contributed by atoms with E-state index in [1.54, 1.807) is 0 Å². The third-order valence-corrected chi connectivity index (χ3v) is 4.51. The Morgan fingerprint density at radius 1 is 1.39 bits per heavy atom.